The molecule has 27 heavy (non-hydrogen) atoms. The number of benzene rings is 1. The Balaban J connectivity index is 1.94. The van der Waals surface area contributed by atoms with Crippen LogP contribution in [0.2, 0.25) is 5.02 Å². The van der Waals surface area contributed by atoms with E-state index in [1.165, 1.54) is 12.1 Å². The first-order valence-corrected chi connectivity index (χ1v) is 8.52. The van der Waals surface area contributed by atoms with Crippen molar-refractivity contribution in [2.75, 3.05) is 18.5 Å². The molecule has 10 heteroatoms. The number of aryl methyl sites for hydroxylation is 1. The Morgan fingerprint density at radius 1 is 1.41 bits per heavy atom. The highest BCUT2D eigenvalue weighted by molar-refractivity contribution is 6.31. The first kappa shape index (κ1) is 19.5. The van der Waals surface area contributed by atoms with Crippen LogP contribution in [0.5, 0.6) is 0 Å². The van der Waals surface area contributed by atoms with Crippen molar-refractivity contribution in [3.63, 3.8) is 0 Å². The first-order valence-electron chi connectivity index (χ1n) is 8.14. The zero-order valence-corrected chi connectivity index (χ0v) is 15.5. The Morgan fingerprint density at radius 2 is 2.15 bits per heavy atom. The molecule has 0 saturated heterocycles. The van der Waals surface area contributed by atoms with E-state index >= 15 is 0 Å². The smallest absolute Gasteiger partial charge is 0.299 e. The van der Waals surface area contributed by atoms with E-state index in [0.29, 0.717) is 16.4 Å². The van der Waals surface area contributed by atoms with Crippen molar-refractivity contribution >= 4 is 23.1 Å². The van der Waals surface area contributed by atoms with Gasteiger partial charge < -0.3 is 15.8 Å². The van der Waals surface area contributed by atoms with Crippen molar-refractivity contribution in [3.8, 4) is 0 Å². The van der Waals surface area contributed by atoms with Crippen LogP contribution in [0, 0.1) is 5.82 Å². The summed E-state index contributed by atoms with van der Waals surface area (Å²) >= 11 is 6.06. The first-order chi connectivity index (χ1) is 12.6. The van der Waals surface area contributed by atoms with Crippen LogP contribution in [0.25, 0.3) is 0 Å². The second-order valence-electron chi connectivity index (χ2n) is 6.52. The van der Waals surface area contributed by atoms with Crippen LogP contribution in [0.4, 0.5) is 18.9 Å². The summed E-state index contributed by atoms with van der Waals surface area (Å²) in [4.78, 5) is 3.88. The molecule has 0 fully saturated rings. The molecule has 6 nitrogen and oxygen atoms in total. The van der Waals surface area contributed by atoms with Crippen molar-refractivity contribution in [2.24, 2.45) is 17.8 Å². The predicted octanol–water partition coefficient (Wildman–Crippen LogP) is 3.06. The third kappa shape index (κ3) is 3.74. The van der Waals surface area contributed by atoms with E-state index in [2.05, 4.69) is 15.4 Å². The maximum absolute atomic E-state index is 14.7. The number of aliphatic imine (C=N–C) groups is 1. The minimum Gasteiger partial charge on any atom is -0.385 e. The van der Waals surface area contributed by atoms with Gasteiger partial charge in [0, 0.05) is 24.5 Å². The molecular weight excluding hydrogens is 383 g/mol. The number of hydrogen-bond donors (Lipinski definition) is 2. The summed E-state index contributed by atoms with van der Waals surface area (Å²) in [7, 11) is 1.73. The Hall–Kier alpha value is -2.26. The molecule has 0 radical (unpaired) electrons. The SMILES string of the molecule is Cn1cc(Cl)c(CNc2ccc(F)c(C3(C)N=C(N)COCC3(F)F)c2)n1. The number of nitrogens with two attached hydrogens (primary N) is 1. The predicted molar refractivity (Wildman–Crippen MR) is 96.7 cm³/mol. The summed E-state index contributed by atoms with van der Waals surface area (Å²) in [5.41, 5.74) is 4.16. The number of hydrogen-bond acceptors (Lipinski definition) is 5. The topological polar surface area (TPSA) is 77.5 Å². The van der Waals surface area contributed by atoms with E-state index in [1.807, 2.05) is 0 Å². The summed E-state index contributed by atoms with van der Waals surface area (Å²) in [6, 6.07) is 3.84. The Morgan fingerprint density at radius 3 is 2.81 bits per heavy atom. The molecular formula is C17H19ClF3N5O. The van der Waals surface area contributed by atoms with Crippen LogP contribution < -0.4 is 11.1 Å². The van der Waals surface area contributed by atoms with Gasteiger partial charge >= 0.3 is 0 Å². The third-order valence-corrected chi connectivity index (χ3v) is 4.73. The van der Waals surface area contributed by atoms with Crippen LogP contribution >= 0.6 is 11.6 Å². The summed E-state index contributed by atoms with van der Waals surface area (Å²) in [6.45, 7) is 0.246. The molecule has 1 aromatic carbocycles. The van der Waals surface area contributed by atoms with Crippen molar-refractivity contribution in [1.82, 2.24) is 9.78 Å². The number of anilines is 1. The Kier molecular flexibility index (Phi) is 5.09. The number of ether oxygens (including phenoxy) is 1. The fourth-order valence-electron chi connectivity index (χ4n) is 2.90. The number of alkyl halides is 2. The van der Waals surface area contributed by atoms with Crippen LogP contribution in [0.15, 0.2) is 29.4 Å². The van der Waals surface area contributed by atoms with Gasteiger partial charge in [-0.15, -0.1) is 0 Å². The summed E-state index contributed by atoms with van der Waals surface area (Å²) < 4.78 is 50.3. The zero-order chi connectivity index (χ0) is 19.8. The lowest BCUT2D eigenvalue weighted by atomic mass is 9.85. The fraction of sp³-hybridized carbons (Fsp3) is 0.412. The van der Waals surface area contributed by atoms with Gasteiger partial charge in [-0.25, -0.2) is 13.2 Å². The van der Waals surface area contributed by atoms with Crippen LogP contribution in [-0.4, -0.2) is 34.8 Å². The van der Waals surface area contributed by atoms with Gasteiger partial charge in [0.15, 0.2) is 5.54 Å². The molecule has 2 aromatic rings. The van der Waals surface area contributed by atoms with Gasteiger partial charge in [-0.2, -0.15) is 5.10 Å². The fourth-order valence-corrected chi connectivity index (χ4v) is 3.15. The lowest BCUT2D eigenvalue weighted by Crippen LogP contribution is -2.45. The lowest BCUT2D eigenvalue weighted by Gasteiger charge is -2.33. The van der Waals surface area contributed by atoms with Gasteiger partial charge in [0.2, 0.25) is 0 Å². The van der Waals surface area contributed by atoms with Crippen LogP contribution in [0.1, 0.15) is 18.2 Å². The number of amidine groups is 1. The molecule has 3 N–H and O–H groups in total. The normalized spacial score (nSPS) is 22.2. The number of aromatic nitrogens is 2. The highest BCUT2D eigenvalue weighted by Crippen LogP contribution is 2.44. The molecule has 1 aliphatic rings. The minimum absolute atomic E-state index is 0.118. The quantitative estimate of drug-likeness (QED) is 0.825. The minimum atomic E-state index is -3.45. The summed E-state index contributed by atoms with van der Waals surface area (Å²) in [5.74, 6) is -4.37. The van der Waals surface area contributed by atoms with Crippen LogP contribution in [-0.2, 0) is 23.9 Å². The van der Waals surface area contributed by atoms with Gasteiger partial charge in [-0.1, -0.05) is 11.6 Å². The van der Waals surface area contributed by atoms with Gasteiger partial charge in [0.05, 0.1) is 11.6 Å². The number of rotatable bonds is 4. The zero-order valence-electron chi connectivity index (χ0n) is 14.8. The van der Waals surface area contributed by atoms with E-state index in [-0.39, 0.29) is 24.6 Å². The van der Waals surface area contributed by atoms with Gasteiger partial charge in [-0.05, 0) is 25.1 Å². The monoisotopic (exact) mass is 401 g/mol. The molecule has 3 rings (SSSR count). The second-order valence-corrected chi connectivity index (χ2v) is 6.93. The Bertz CT molecular complexity index is 885. The number of nitrogens with zero attached hydrogens (tertiary/aromatic N) is 3. The Labute approximate surface area is 159 Å². The molecule has 1 atom stereocenters. The van der Waals surface area contributed by atoms with Gasteiger partial charge in [0.1, 0.15) is 30.6 Å². The van der Waals surface area contributed by atoms with Gasteiger partial charge in [-0.3, -0.25) is 9.67 Å². The highest BCUT2D eigenvalue weighted by atomic mass is 35.5. The summed E-state index contributed by atoms with van der Waals surface area (Å²) in [5, 5.41) is 7.66. The third-order valence-electron chi connectivity index (χ3n) is 4.42. The van der Waals surface area contributed by atoms with E-state index in [1.54, 1.807) is 17.9 Å². The second kappa shape index (κ2) is 7.05. The molecule has 0 saturated carbocycles. The molecule has 0 aliphatic carbocycles. The molecule has 1 aromatic heterocycles. The largest absolute Gasteiger partial charge is 0.385 e. The maximum Gasteiger partial charge on any atom is 0.299 e. The van der Waals surface area contributed by atoms with Crippen molar-refractivity contribution in [3.05, 3.63) is 46.5 Å². The van der Waals surface area contributed by atoms with Gasteiger partial charge in [0.25, 0.3) is 5.92 Å². The molecule has 2 heterocycles. The molecule has 0 bridgehead atoms. The molecule has 146 valence electrons. The average Bonchev–Trinajstić information content (AvgIpc) is 2.85. The van der Waals surface area contributed by atoms with E-state index < -0.39 is 23.9 Å². The maximum atomic E-state index is 14.7. The van der Waals surface area contributed by atoms with E-state index in [9.17, 15) is 13.2 Å². The van der Waals surface area contributed by atoms with Crippen molar-refractivity contribution in [2.45, 2.75) is 24.9 Å². The van der Waals surface area contributed by atoms with Crippen LogP contribution in [0.3, 0.4) is 0 Å². The van der Waals surface area contributed by atoms with Crippen molar-refractivity contribution < 1.29 is 17.9 Å². The lowest BCUT2D eigenvalue weighted by molar-refractivity contribution is -0.116. The standard InChI is InChI=1S/C17H19ClF3N5O/c1-16(17(20,21)9-27-8-15(22)24-16)11-5-10(3-4-13(11)19)23-6-14-12(18)7-26(2)25-14/h3-5,7,23H,6,8-9H2,1-2H3,(H2,22,24). The number of nitrogens with one attached hydrogen (secondary N) is 1. The number of halogens is 4. The summed E-state index contributed by atoms with van der Waals surface area (Å²) in [6.07, 6.45) is 1.64. The van der Waals surface area contributed by atoms with Crippen molar-refractivity contribution in [1.29, 1.82) is 0 Å². The molecule has 0 amide bonds. The van der Waals surface area contributed by atoms with E-state index in [0.717, 1.165) is 13.0 Å². The molecule has 1 unspecified atom stereocenters. The molecule has 0 spiro atoms. The van der Waals surface area contributed by atoms with E-state index in [4.69, 9.17) is 22.1 Å². The highest BCUT2D eigenvalue weighted by Gasteiger charge is 2.54. The molecule has 1 aliphatic heterocycles. The average molecular weight is 402 g/mol.